The fourth-order valence-corrected chi connectivity index (χ4v) is 2.40. The average Bonchev–Trinajstić information content (AvgIpc) is 2.15. The van der Waals surface area contributed by atoms with Gasteiger partial charge in [-0.2, -0.15) is 0 Å². The number of methoxy groups -OCH3 is 2. The fourth-order valence-electron chi connectivity index (χ4n) is 2.40. The fraction of sp³-hybridized carbons (Fsp3) is 0.900. The summed E-state index contributed by atoms with van der Waals surface area (Å²) in [5, 5.41) is 0. The Morgan fingerprint density at radius 2 is 2.00 bits per heavy atom. The maximum absolute atomic E-state index is 11.7. The number of likely N-dealkylation sites (N-methyl/N-ethyl adjacent to an activating group) is 1. The Balaban J connectivity index is 3.00. The molecular formula is C10H19NO3. The van der Waals surface area contributed by atoms with E-state index in [1.807, 2.05) is 25.7 Å². The molecule has 1 atom stereocenters. The van der Waals surface area contributed by atoms with Crippen LogP contribution in [0.15, 0.2) is 0 Å². The zero-order chi connectivity index (χ0) is 11.0. The van der Waals surface area contributed by atoms with Crippen molar-refractivity contribution in [1.82, 2.24) is 4.90 Å². The largest absolute Gasteiger partial charge is 0.466 e. The van der Waals surface area contributed by atoms with Gasteiger partial charge in [0.2, 0.25) is 5.72 Å². The third-order valence-electron chi connectivity index (χ3n) is 3.09. The Morgan fingerprint density at radius 1 is 1.43 bits per heavy atom. The summed E-state index contributed by atoms with van der Waals surface area (Å²) in [6, 6.07) is 0. The van der Waals surface area contributed by atoms with Gasteiger partial charge in [0, 0.05) is 19.1 Å². The number of rotatable bonds is 3. The molecule has 0 saturated carbocycles. The van der Waals surface area contributed by atoms with E-state index in [2.05, 4.69) is 0 Å². The quantitative estimate of drug-likeness (QED) is 0.635. The monoisotopic (exact) mass is 201 g/mol. The average molecular weight is 201 g/mol. The number of carbonyl (C=O) groups is 1. The standard InChI is InChI=1S/C10H19NO3/c1-6-11-7-9(2,3)10(11,14-5)8(12)13-4/h6-7H2,1-5H3. The number of nitrogens with zero attached hydrogens (tertiary/aromatic N) is 1. The van der Waals surface area contributed by atoms with Crippen LogP contribution >= 0.6 is 0 Å². The first-order valence-corrected chi connectivity index (χ1v) is 4.85. The molecule has 0 amide bonds. The molecule has 0 aromatic rings. The first-order valence-electron chi connectivity index (χ1n) is 4.85. The molecule has 1 aliphatic heterocycles. The molecule has 82 valence electrons. The molecule has 1 rings (SSSR count). The maximum Gasteiger partial charge on any atom is 0.354 e. The van der Waals surface area contributed by atoms with Gasteiger partial charge < -0.3 is 9.47 Å². The van der Waals surface area contributed by atoms with Gasteiger partial charge in [0.1, 0.15) is 0 Å². The van der Waals surface area contributed by atoms with Crippen molar-refractivity contribution >= 4 is 5.97 Å². The van der Waals surface area contributed by atoms with Crippen LogP contribution in [-0.4, -0.2) is 43.9 Å². The van der Waals surface area contributed by atoms with E-state index in [-0.39, 0.29) is 11.4 Å². The van der Waals surface area contributed by atoms with Gasteiger partial charge in [-0.15, -0.1) is 0 Å². The minimum Gasteiger partial charge on any atom is -0.466 e. The molecule has 1 unspecified atom stereocenters. The lowest BCUT2D eigenvalue weighted by Gasteiger charge is -2.60. The zero-order valence-electron chi connectivity index (χ0n) is 9.59. The molecule has 4 heteroatoms. The zero-order valence-corrected chi connectivity index (χ0v) is 9.59. The van der Waals surface area contributed by atoms with Crippen molar-refractivity contribution in [2.45, 2.75) is 26.5 Å². The van der Waals surface area contributed by atoms with Crippen LogP contribution in [0, 0.1) is 5.41 Å². The molecule has 0 aromatic carbocycles. The summed E-state index contributed by atoms with van der Waals surface area (Å²) in [6.45, 7) is 7.67. The molecule has 0 N–H and O–H groups in total. The van der Waals surface area contributed by atoms with Crippen LogP contribution in [0.4, 0.5) is 0 Å². The maximum atomic E-state index is 11.7. The molecule has 0 bridgehead atoms. The minimum atomic E-state index is -0.892. The van der Waals surface area contributed by atoms with Gasteiger partial charge in [-0.3, -0.25) is 4.90 Å². The van der Waals surface area contributed by atoms with Crippen molar-refractivity contribution < 1.29 is 14.3 Å². The van der Waals surface area contributed by atoms with Gasteiger partial charge in [0.25, 0.3) is 0 Å². The van der Waals surface area contributed by atoms with Gasteiger partial charge in [0.15, 0.2) is 0 Å². The highest BCUT2D eigenvalue weighted by atomic mass is 16.6. The molecule has 14 heavy (non-hydrogen) atoms. The van der Waals surface area contributed by atoms with Gasteiger partial charge in [-0.1, -0.05) is 20.8 Å². The molecule has 1 aliphatic rings. The molecule has 0 aromatic heterocycles. The van der Waals surface area contributed by atoms with Crippen LogP contribution in [0.25, 0.3) is 0 Å². The molecule has 1 fully saturated rings. The van der Waals surface area contributed by atoms with Gasteiger partial charge >= 0.3 is 5.97 Å². The highest BCUT2D eigenvalue weighted by molar-refractivity contribution is 5.81. The molecule has 1 heterocycles. The summed E-state index contributed by atoms with van der Waals surface area (Å²) >= 11 is 0. The van der Waals surface area contributed by atoms with Crippen molar-refractivity contribution in [2.75, 3.05) is 27.3 Å². The van der Waals surface area contributed by atoms with Gasteiger partial charge in [0.05, 0.1) is 7.11 Å². The predicted molar refractivity (Wildman–Crippen MR) is 52.8 cm³/mol. The van der Waals surface area contributed by atoms with E-state index in [1.165, 1.54) is 7.11 Å². The van der Waals surface area contributed by atoms with Crippen LogP contribution < -0.4 is 0 Å². The second kappa shape index (κ2) is 3.51. The number of hydrogen-bond acceptors (Lipinski definition) is 4. The van der Waals surface area contributed by atoms with E-state index in [4.69, 9.17) is 9.47 Å². The SMILES string of the molecule is CCN1CC(C)(C)C1(OC)C(=O)OC. The van der Waals surface area contributed by atoms with Crippen molar-refractivity contribution in [3.63, 3.8) is 0 Å². The van der Waals surface area contributed by atoms with Crippen LogP contribution in [0.2, 0.25) is 0 Å². The number of carbonyl (C=O) groups excluding carboxylic acids is 1. The second-order valence-electron chi connectivity index (χ2n) is 4.24. The van der Waals surface area contributed by atoms with Crippen LogP contribution in [-0.2, 0) is 14.3 Å². The Hall–Kier alpha value is -0.610. The number of esters is 1. The Morgan fingerprint density at radius 3 is 2.29 bits per heavy atom. The van der Waals surface area contributed by atoms with E-state index >= 15 is 0 Å². The van der Waals surface area contributed by atoms with E-state index in [0.717, 1.165) is 13.1 Å². The highest BCUT2D eigenvalue weighted by Crippen LogP contribution is 2.47. The lowest BCUT2D eigenvalue weighted by atomic mass is 9.71. The van der Waals surface area contributed by atoms with Gasteiger partial charge in [-0.25, -0.2) is 4.79 Å². The van der Waals surface area contributed by atoms with E-state index in [0.29, 0.717) is 0 Å². The predicted octanol–water partition coefficient (Wildman–Crippen LogP) is 0.864. The minimum absolute atomic E-state index is 0.190. The lowest BCUT2D eigenvalue weighted by molar-refractivity contribution is -0.281. The lowest BCUT2D eigenvalue weighted by Crippen LogP contribution is -2.76. The van der Waals surface area contributed by atoms with Crippen molar-refractivity contribution in [3.8, 4) is 0 Å². The Kier molecular flexibility index (Phi) is 2.88. The molecular weight excluding hydrogens is 182 g/mol. The normalized spacial score (nSPS) is 30.9. The van der Waals surface area contributed by atoms with Crippen molar-refractivity contribution in [1.29, 1.82) is 0 Å². The first-order chi connectivity index (χ1) is 6.46. The van der Waals surface area contributed by atoms with E-state index in [1.54, 1.807) is 7.11 Å². The van der Waals surface area contributed by atoms with Crippen LogP contribution in [0.3, 0.4) is 0 Å². The number of hydrogen-bond donors (Lipinski definition) is 0. The summed E-state index contributed by atoms with van der Waals surface area (Å²) in [6.07, 6.45) is 0. The summed E-state index contributed by atoms with van der Waals surface area (Å²) in [4.78, 5) is 13.7. The van der Waals surface area contributed by atoms with E-state index in [9.17, 15) is 4.79 Å². The van der Waals surface area contributed by atoms with Crippen molar-refractivity contribution in [2.24, 2.45) is 5.41 Å². The summed E-state index contributed by atoms with van der Waals surface area (Å²) in [7, 11) is 2.95. The van der Waals surface area contributed by atoms with Gasteiger partial charge in [-0.05, 0) is 6.54 Å². The molecule has 4 nitrogen and oxygen atoms in total. The molecule has 0 radical (unpaired) electrons. The second-order valence-corrected chi connectivity index (χ2v) is 4.24. The summed E-state index contributed by atoms with van der Waals surface area (Å²) < 4.78 is 10.2. The Bertz CT molecular complexity index is 240. The first kappa shape index (κ1) is 11.5. The van der Waals surface area contributed by atoms with Crippen molar-refractivity contribution in [3.05, 3.63) is 0 Å². The summed E-state index contributed by atoms with van der Waals surface area (Å²) in [5.41, 5.74) is -1.08. The number of likely N-dealkylation sites (tertiary alicyclic amines) is 1. The Labute approximate surface area is 85.2 Å². The molecule has 1 saturated heterocycles. The topological polar surface area (TPSA) is 38.8 Å². The summed E-state index contributed by atoms with van der Waals surface area (Å²) in [5.74, 6) is -0.307. The molecule has 0 aliphatic carbocycles. The highest BCUT2D eigenvalue weighted by Gasteiger charge is 2.65. The molecule has 0 spiro atoms. The van der Waals surface area contributed by atoms with Crippen LogP contribution in [0.1, 0.15) is 20.8 Å². The van der Waals surface area contributed by atoms with Crippen LogP contribution in [0.5, 0.6) is 0 Å². The smallest absolute Gasteiger partial charge is 0.354 e. The third-order valence-corrected chi connectivity index (χ3v) is 3.09. The van der Waals surface area contributed by atoms with E-state index < -0.39 is 5.72 Å². The number of ether oxygens (including phenoxy) is 2. The third kappa shape index (κ3) is 1.17.